The third kappa shape index (κ3) is 3.30. The van der Waals surface area contributed by atoms with Gasteiger partial charge in [0.2, 0.25) is 0 Å². The second kappa shape index (κ2) is 7.21. The average molecular weight is 350 g/mol. The van der Waals surface area contributed by atoms with Gasteiger partial charge in [-0.3, -0.25) is 0 Å². The normalized spacial score (nSPS) is 19.2. The summed E-state index contributed by atoms with van der Waals surface area (Å²) in [6, 6.07) is 10.5. The van der Waals surface area contributed by atoms with Crippen LogP contribution in [0.5, 0.6) is 0 Å². The third-order valence-electron chi connectivity index (χ3n) is 4.88. The molecule has 1 aromatic carbocycles. The molecule has 134 valence electrons. The molecule has 0 radical (unpaired) electrons. The minimum absolute atomic E-state index is 0.0836. The molecule has 3 aromatic rings. The molecule has 2 heterocycles. The third-order valence-corrected chi connectivity index (χ3v) is 4.88. The van der Waals surface area contributed by atoms with E-state index in [0.29, 0.717) is 18.5 Å². The number of hydrogen-bond acceptors (Lipinski definition) is 7. The molecule has 0 atom stereocenters. The first-order valence-corrected chi connectivity index (χ1v) is 8.90. The average Bonchev–Trinajstić information content (AvgIpc) is 2.64. The van der Waals surface area contributed by atoms with Crippen molar-refractivity contribution in [1.29, 1.82) is 0 Å². The van der Waals surface area contributed by atoms with Crippen LogP contribution in [0.4, 0.5) is 11.6 Å². The Bertz CT molecular complexity index is 909. The molecule has 0 amide bonds. The second-order valence-electron chi connectivity index (χ2n) is 6.67. The van der Waals surface area contributed by atoms with Crippen molar-refractivity contribution >= 4 is 22.4 Å². The molecule has 1 saturated carbocycles. The van der Waals surface area contributed by atoms with Gasteiger partial charge in [-0.15, -0.1) is 5.10 Å². The Labute approximate surface area is 151 Å². The lowest BCUT2D eigenvalue weighted by atomic mass is 9.78. The van der Waals surface area contributed by atoms with Crippen LogP contribution >= 0.6 is 0 Å². The van der Waals surface area contributed by atoms with Crippen molar-refractivity contribution in [3.8, 4) is 0 Å². The van der Waals surface area contributed by atoms with E-state index in [1.54, 1.807) is 6.33 Å². The van der Waals surface area contributed by atoms with Crippen LogP contribution in [0.15, 0.2) is 36.7 Å². The first-order chi connectivity index (χ1) is 12.7. The van der Waals surface area contributed by atoms with E-state index in [2.05, 4.69) is 42.9 Å². The Balaban J connectivity index is 1.42. The summed E-state index contributed by atoms with van der Waals surface area (Å²) in [6.45, 7) is 2.56. The lowest BCUT2D eigenvalue weighted by Gasteiger charge is -2.36. The highest BCUT2D eigenvalue weighted by atomic mass is 16.3. The smallest absolute Gasteiger partial charge is 0.156 e. The van der Waals surface area contributed by atoms with Crippen LogP contribution in [0.1, 0.15) is 30.1 Å². The van der Waals surface area contributed by atoms with Crippen molar-refractivity contribution in [3.05, 3.63) is 48.0 Å². The van der Waals surface area contributed by atoms with Gasteiger partial charge in [-0.25, -0.2) is 9.97 Å². The van der Waals surface area contributed by atoms with Gasteiger partial charge in [0.25, 0.3) is 0 Å². The fourth-order valence-corrected chi connectivity index (χ4v) is 3.39. The van der Waals surface area contributed by atoms with Gasteiger partial charge in [-0.1, -0.05) is 24.3 Å². The molecule has 1 aliphatic carbocycles. The zero-order valence-electron chi connectivity index (χ0n) is 14.7. The van der Waals surface area contributed by atoms with Crippen molar-refractivity contribution in [3.63, 3.8) is 0 Å². The lowest BCUT2D eigenvalue weighted by Crippen LogP contribution is -2.35. The molecule has 0 unspecified atom stereocenters. The summed E-state index contributed by atoms with van der Waals surface area (Å²) in [5.41, 5.74) is 1.99. The van der Waals surface area contributed by atoms with Gasteiger partial charge in [-0.2, -0.15) is 5.10 Å². The van der Waals surface area contributed by atoms with Crippen LogP contribution in [0, 0.1) is 6.92 Å². The highest BCUT2D eigenvalue weighted by Gasteiger charge is 2.32. The molecule has 0 spiro atoms. The van der Waals surface area contributed by atoms with E-state index in [-0.39, 0.29) is 6.61 Å². The Morgan fingerprint density at radius 1 is 1.12 bits per heavy atom. The van der Waals surface area contributed by atoms with Crippen molar-refractivity contribution in [2.75, 3.05) is 23.8 Å². The number of nitrogens with one attached hydrogen (secondary N) is 2. The molecule has 4 rings (SSSR count). The van der Waals surface area contributed by atoms with Crippen LogP contribution < -0.4 is 10.6 Å². The predicted molar refractivity (Wildman–Crippen MR) is 101 cm³/mol. The Morgan fingerprint density at radius 3 is 2.73 bits per heavy atom. The topological polar surface area (TPSA) is 95.9 Å². The summed E-state index contributed by atoms with van der Waals surface area (Å²) in [6.07, 6.45) is 3.58. The molecule has 26 heavy (non-hydrogen) atoms. The number of anilines is 2. The summed E-state index contributed by atoms with van der Waals surface area (Å²) in [5.74, 6) is 2.02. The number of aliphatic hydroxyl groups excluding tert-OH is 1. The van der Waals surface area contributed by atoms with Crippen LogP contribution in [-0.4, -0.2) is 44.5 Å². The SMILES string of the molecule is Cc1nnc(NC2CC(c3cc(NCCO)ncn3)C2)c2ccccc12. The zero-order chi connectivity index (χ0) is 17.9. The number of aryl methyl sites for hydroxylation is 1. The number of benzene rings is 1. The van der Waals surface area contributed by atoms with E-state index >= 15 is 0 Å². The highest BCUT2D eigenvalue weighted by molar-refractivity contribution is 5.92. The van der Waals surface area contributed by atoms with Gasteiger partial charge >= 0.3 is 0 Å². The molecule has 2 aromatic heterocycles. The van der Waals surface area contributed by atoms with E-state index in [4.69, 9.17) is 5.11 Å². The van der Waals surface area contributed by atoms with Crippen LogP contribution in [0.2, 0.25) is 0 Å². The summed E-state index contributed by atoms with van der Waals surface area (Å²) in [7, 11) is 0. The fourth-order valence-electron chi connectivity index (χ4n) is 3.39. The molecular formula is C19H22N6O. The fraction of sp³-hybridized carbons (Fsp3) is 0.368. The molecule has 0 saturated heterocycles. The van der Waals surface area contributed by atoms with E-state index in [0.717, 1.165) is 46.6 Å². The lowest BCUT2D eigenvalue weighted by molar-refractivity contribution is 0.311. The van der Waals surface area contributed by atoms with Gasteiger partial charge in [0.1, 0.15) is 12.1 Å². The monoisotopic (exact) mass is 350 g/mol. The minimum Gasteiger partial charge on any atom is -0.395 e. The van der Waals surface area contributed by atoms with E-state index in [1.807, 2.05) is 25.1 Å². The molecule has 7 nitrogen and oxygen atoms in total. The molecule has 3 N–H and O–H groups in total. The molecule has 7 heteroatoms. The Hall–Kier alpha value is -2.80. The maximum atomic E-state index is 8.91. The maximum absolute atomic E-state index is 8.91. The highest BCUT2D eigenvalue weighted by Crippen LogP contribution is 2.38. The summed E-state index contributed by atoms with van der Waals surface area (Å²) in [4.78, 5) is 8.58. The van der Waals surface area contributed by atoms with E-state index in [9.17, 15) is 0 Å². The number of aliphatic hydroxyl groups is 1. The molecule has 0 aliphatic heterocycles. The summed E-state index contributed by atoms with van der Waals surface area (Å²) >= 11 is 0. The van der Waals surface area contributed by atoms with Crippen molar-refractivity contribution in [2.45, 2.75) is 31.7 Å². The zero-order valence-corrected chi connectivity index (χ0v) is 14.7. The number of nitrogens with zero attached hydrogens (tertiary/aromatic N) is 4. The van der Waals surface area contributed by atoms with Crippen LogP contribution in [-0.2, 0) is 0 Å². The van der Waals surface area contributed by atoms with E-state index in [1.165, 1.54) is 0 Å². The minimum atomic E-state index is 0.0836. The second-order valence-corrected chi connectivity index (χ2v) is 6.67. The maximum Gasteiger partial charge on any atom is 0.156 e. The standard InChI is InChI=1S/C19H22N6O/c1-12-15-4-2-3-5-16(15)19(25-24-12)23-14-8-13(9-14)17-10-18(20-6-7-26)22-11-21-17/h2-5,10-11,13-14,26H,6-9H2,1H3,(H,23,25)(H,20,21,22). The van der Waals surface area contributed by atoms with Crippen molar-refractivity contribution in [2.24, 2.45) is 0 Å². The van der Waals surface area contributed by atoms with Crippen LogP contribution in [0.3, 0.4) is 0 Å². The first kappa shape index (κ1) is 16.7. The number of aromatic nitrogens is 4. The summed E-state index contributed by atoms with van der Waals surface area (Å²) in [5, 5.41) is 26.4. The number of hydrogen-bond donors (Lipinski definition) is 3. The van der Waals surface area contributed by atoms with Crippen molar-refractivity contribution < 1.29 is 5.11 Å². The quantitative estimate of drug-likeness (QED) is 0.628. The summed E-state index contributed by atoms with van der Waals surface area (Å²) < 4.78 is 0. The molecule has 0 bridgehead atoms. The number of rotatable bonds is 6. The van der Waals surface area contributed by atoms with Gasteiger partial charge in [-0.05, 0) is 19.8 Å². The van der Waals surface area contributed by atoms with E-state index < -0.39 is 0 Å². The molecule has 1 aliphatic rings. The number of fused-ring (bicyclic) bond motifs is 1. The first-order valence-electron chi connectivity index (χ1n) is 8.90. The van der Waals surface area contributed by atoms with Crippen molar-refractivity contribution in [1.82, 2.24) is 20.2 Å². The Morgan fingerprint density at radius 2 is 1.92 bits per heavy atom. The Kier molecular flexibility index (Phi) is 4.62. The van der Waals surface area contributed by atoms with Gasteiger partial charge in [0, 0.05) is 41.0 Å². The van der Waals surface area contributed by atoms with Gasteiger partial charge in [0.05, 0.1) is 12.3 Å². The largest absolute Gasteiger partial charge is 0.395 e. The predicted octanol–water partition coefficient (Wildman–Crippen LogP) is 2.49. The van der Waals surface area contributed by atoms with Gasteiger partial charge < -0.3 is 15.7 Å². The molecule has 1 fully saturated rings. The molecular weight excluding hydrogens is 328 g/mol. The van der Waals surface area contributed by atoms with Crippen LogP contribution in [0.25, 0.3) is 10.8 Å². The van der Waals surface area contributed by atoms with Gasteiger partial charge in [0.15, 0.2) is 5.82 Å².